The van der Waals surface area contributed by atoms with Crippen molar-refractivity contribution in [1.82, 2.24) is 0 Å². The van der Waals surface area contributed by atoms with Crippen LogP contribution < -0.4 is 0 Å². The molecule has 0 bridgehead atoms. The van der Waals surface area contributed by atoms with Crippen LogP contribution >= 0.6 is 16.4 Å². The molecule has 0 heterocycles. The summed E-state index contributed by atoms with van der Waals surface area (Å²) in [5.74, 6) is 0. The topological polar surface area (TPSA) is 0 Å². The fraction of sp³-hybridized carbons (Fsp3) is 0. The monoisotopic (exact) mass is 391 g/mol. The second-order valence-corrected chi connectivity index (χ2v) is 0. The molecule has 0 aromatic carbocycles. The van der Waals surface area contributed by atoms with Gasteiger partial charge in [-0.05, 0) is 0 Å². The van der Waals surface area contributed by atoms with Crippen molar-refractivity contribution in [3.8, 4) is 0 Å². The molecule has 0 nitrogen and oxygen atoms in total. The molecular formula is H2BaBrEuF. The molecule has 0 aliphatic heterocycles. The van der Waals surface area contributed by atoms with Crippen molar-refractivity contribution in [2.45, 2.75) is 0 Å². The fourth-order valence-corrected chi connectivity index (χ4v) is 0. The van der Waals surface area contributed by atoms with Crippen LogP contribution in [0, 0.1) is 49.4 Å². The summed E-state index contributed by atoms with van der Waals surface area (Å²) in [6.07, 6.45) is 0. The average molecular weight is 390 g/mol. The van der Waals surface area contributed by atoms with Gasteiger partial charge in [0.2, 0.25) is 0 Å². The van der Waals surface area contributed by atoms with Crippen molar-refractivity contribution in [3.63, 3.8) is 0 Å². The molecule has 0 fully saturated rings. The Morgan fingerprint density at radius 2 is 1.50 bits per heavy atom. The maximum atomic E-state index is 9.31. The summed E-state index contributed by atoms with van der Waals surface area (Å²) in [5, 5.41) is 0. The van der Waals surface area contributed by atoms with Gasteiger partial charge in [0, 0.05) is 49.4 Å². The SMILES string of the molecule is FBr.[Ba+2].[Eu].[H-].[H-]. The first-order valence-corrected chi connectivity index (χ1v) is 0.742. The van der Waals surface area contributed by atoms with Gasteiger partial charge in [-0.1, -0.05) is 0 Å². The molecule has 0 aliphatic carbocycles. The Morgan fingerprint density at radius 3 is 1.50 bits per heavy atom. The van der Waals surface area contributed by atoms with E-state index in [1.54, 1.807) is 0 Å². The zero-order valence-electron chi connectivity index (χ0n) is 3.84. The predicted octanol–water partition coefficient (Wildman–Crippen LogP) is 1.11. The summed E-state index contributed by atoms with van der Waals surface area (Å²) in [5.41, 5.74) is 0. The van der Waals surface area contributed by atoms with Crippen LogP contribution in [0.25, 0.3) is 0 Å². The normalized spacial score (nSPS) is 1.50. The Bertz CT molecular complexity index is 13.5. The van der Waals surface area contributed by atoms with E-state index in [1.165, 1.54) is 16.4 Å². The van der Waals surface area contributed by atoms with Crippen molar-refractivity contribution in [2.24, 2.45) is 0 Å². The van der Waals surface area contributed by atoms with Gasteiger partial charge in [-0.25, -0.2) is 0 Å². The third-order valence-electron chi connectivity index (χ3n) is 0. The van der Waals surface area contributed by atoms with Crippen LogP contribution in [-0.2, 0) is 0 Å². The van der Waals surface area contributed by atoms with Crippen molar-refractivity contribution in [2.75, 3.05) is 0 Å². The number of rotatable bonds is 0. The third-order valence-corrected chi connectivity index (χ3v) is 0. The molecule has 0 spiro atoms. The Morgan fingerprint density at radius 1 is 1.50 bits per heavy atom. The quantitative estimate of drug-likeness (QED) is 0.544. The zero-order valence-corrected chi connectivity index (χ0v) is 10.3. The molecule has 4 heavy (non-hydrogen) atoms. The molecule has 0 aromatic heterocycles. The first-order valence-electron chi connectivity index (χ1n) is 0.143. The van der Waals surface area contributed by atoms with Crippen LogP contribution in [0.4, 0.5) is 3.56 Å². The Kier molecular flexibility index (Phi) is 62.6. The maximum Gasteiger partial charge on any atom is 2.00 e. The van der Waals surface area contributed by atoms with E-state index in [-0.39, 0.29) is 101 Å². The van der Waals surface area contributed by atoms with Gasteiger partial charge in [0.05, 0.1) is 0 Å². The largest absolute Gasteiger partial charge is 2.00 e. The summed E-state index contributed by atoms with van der Waals surface area (Å²) in [4.78, 5) is 0. The van der Waals surface area contributed by atoms with Gasteiger partial charge < -0.3 is 2.85 Å². The van der Waals surface area contributed by atoms with Crippen LogP contribution in [0.15, 0.2) is 0 Å². The summed E-state index contributed by atoms with van der Waals surface area (Å²) >= 11 is 1.44. The fourth-order valence-electron chi connectivity index (χ4n) is 0. The van der Waals surface area contributed by atoms with Crippen molar-refractivity contribution in [3.05, 3.63) is 0 Å². The minimum Gasteiger partial charge on any atom is -1.00 e. The molecule has 0 N–H and O–H groups in total. The molecule has 0 aliphatic rings. The molecule has 1 radical (unpaired) electrons. The van der Waals surface area contributed by atoms with Gasteiger partial charge in [-0.2, -0.15) is 3.56 Å². The van der Waals surface area contributed by atoms with E-state index in [2.05, 4.69) is 0 Å². The zero-order chi connectivity index (χ0) is 2.00. The first-order chi connectivity index (χ1) is 1.00. The molecule has 0 aromatic rings. The van der Waals surface area contributed by atoms with Crippen molar-refractivity contribution in [1.29, 1.82) is 0 Å². The van der Waals surface area contributed by atoms with E-state index in [1.807, 2.05) is 0 Å². The molecule has 25 valence electrons. The molecule has 0 amide bonds. The average Bonchev–Trinajstić information content (AvgIpc) is 1.00. The van der Waals surface area contributed by atoms with Gasteiger partial charge >= 0.3 is 48.9 Å². The Balaban J connectivity index is -0.000000000833. The van der Waals surface area contributed by atoms with Crippen molar-refractivity contribution >= 4 is 65.3 Å². The van der Waals surface area contributed by atoms with Crippen molar-refractivity contribution < 1.29 is 55.8 Å². The summed E-state index contributed by atoms with van der Waals surface area (Å²) in [7, 11) is 0. The van der Waals surface area contributed by atoms with Crippen LogP contribution in [-0.4, -0.2) is 48.9 Å². The van der Waals surface area contributed by atoms with E-state index in [4.69, 9.17) is 0 Å². The van der Waals surface area contributed by atoms with Crippen LogP contribution in [0.2, 0.25) is 0 Å². The van der Waals surface area contributed by atoms with Gasteiger partial charge in [0.15, 0.2) is 16.4 Å². The Labute approximate surface area is 117 Å². The van der Waals surface area contributed by atoms with Crippen LogP contribution in [0.1, 0.15) is 2.85 Å². The maximum absolute atomic E-state index is 9.31. The molecule has 0 unspecified atom stereocenters. The van der Waals surface area contributed by atoms with E-state index in [9.17, 15) is 3.56 Å². The van der Waals surface area contributed by atoms with E-state index in [0.29, 0.717) is 0 Å². The number of hydrogen-bond donors (Lipinski definition) is 0. The third kappa shape index (κ3) is 9.13. The van der Waals surface area contributed by atoms with Gasteiger partial charge in [-0.3, -0.25) is 0 Å². The molecule has 4 heteroatoms. The summed E-state index contributed by atoms with van der Waals surface area (Å²) in [6.45, 7) is 0. The predicted molar refractivity (Wildman–Crippen MR) is 18.0 cm³/mol. The summed E-state index contributed by atoms with van der Waals surface area (Å²) < 4.78 is 9.31. The standard InChI is InChI=1S/Ba.BrF.Eu.2H/c;1-2;;;/q+2;;;2*-1. The number of hydrogen-bond acceptors (Lipinski definition) is 0. The van der Waals surface area contributed by atoms with Crippen LogP contribution in [0.3, 0.4) is 0 Å². The van der Waals surface area contributed by atoms with Gasteiger partial charge in [0.1, 0.15) is 0 Å². The minimum atomic E-state index is 0. The second kappa shape index (κ2) is 16.0. The van der Waals surface area contributed by atoms with E-state index in [0.717, 1.165) is 0 Å². The first kappa shape index (κ1) is 15.6. The van der Waals surface area contributed by atoms with E-state index >= 15 is 0 Å². The summed E-state index contributed by atoms with van der Waals surface area (Å²) in [6, 6.07) is 0. The number of halogens is 2. The smallest absolute Gasteiger partial charge is 1.00 e. The molecule has 0 saturated heterocycles. The van der Waals surface area contributed by atoms with Crippen LogP contribution in [0.5, 0.6) is 0 Å². The molecule has 0 rings (SSSR count). The minimum absolute atomic E-state index is 0. The molecular weight excluding hydrogens is 388 g/mol. The van der Waals surface area contributed by atoms with E-state index < -0.39 is 0 Å². The Hall–Kier alpha value is 3.57. The molecule has 0 saturated carbocycles. The van der Waals surface area contributed by atoms with Gasteiger partial charge in [-0.15, -0.1) is 0 Å². The van der Waals surface area contributed by atoms with Gasteiger partial charge in [0.25, 0.3) is 0 Å². The second-order valence-electron chi connectivity index (χ2n) is 0. The molecule has 0 atom stereocenters.